The molecule has 0 fully saturated rings. The zero-order valence-corrected chi connectivity index (χ0v) is 16.8. The fraction of sp³-hybridized carbons (Fsp3) is 0.250. The molecule has 8 nitrogen and oxygen atoms in total. The summed E-state index contributed by atoms with van der Waals surface area (Å²) in [5, 5.41) is 12.3. The van der Waals surface area contributed by atoms with Crippen molar-refractivity contribution in [2.45, 2.75) is 18.1 Å². The lowest BCUT2D eigenvalue weighted by Gasteiger charge is -2.10. The van der Waals surface area contributed by atoms with Crippen LogP contribution in [-0.4, -0.2) is 51.8 Å². The molecule has 0 saturated carbocycles. The maximum Gasteiger partial charge on any atom is 0.231 e. The predicted molar refractivity (Wildman–Crippen MR) is 109 cm³/mol. The number of anilines is 1. The highest BCUT2D eigenvalue weighted by Crippen LogP contribution is 2.29. The third-order valence-electron chi connectivity index (χ3n) is 4.80. The van der Waals surface area contributed by atoms with Crippen molar-refractivity contribution in [3.63, 3.8) is 0 Å². The van der Waals surface area contributed by atoms with Gasteiger partial charge in [0.05, 0.1) is 25.8 Å². The fourth-order valence-corrected chi connectivity index (χ4v) is 3.93. The molecular formula is C20H19N5O3S. The van der Waals surface area contributed by atoms with E-state index in [1.165, 1.54) is 11.8 Å². The van der Waals surface area contributed by atoms with Gasteiger partial charge in [-0.15, -0.1) is 5.10 Å². The summed E-state index contributed by atoms with van der Waals surface area (Å²) in [6.07, 6.45) is 0.334. The van der Waals surface area contributed by atoms with Crippen molar-refractivity contribution in [2.75, 3.05) is 24.8 Å². The molecule has 0 atom stereocenters. The van der Waals surface area contributed by atoms with Gasteiger partial charge >= 0.3 is 0 Å². The average Bonchev–Trinajstić information content (AvgIpc) is 3.30. The molecule has 0 radical (unpaired) electrons. The molecule has 9 heteroatoms. The Morgan fingerprint density at radius 2 is 2.00 bits per heavy atom. The van der Waals surface area contributed by atoms with Crippen LogP contribution in [-0.2, 0) is 17.8 Å². The molecule has 0 N–H and O–H groups in total. The highest BCUT2D eigenvalue weighted by Gasteiger charge is 2.24. The standard InChI is InChI=1S/C20H19N5O3S/c1-24-17-8-5-14(9-15(17)10-19(24)27)18(26)12-29-20-21-22-23-25(20)11-13-3-6-16(28-2)7-4-13/h3-9H,10-12H2,1-2H3. The third-order valence-corrected chi connectivity index (χ3v) is 5.76. The van der Waals surface area contributed by atoms with E-state index in [1.807, 2.05) is 30.3 Å². The first-order valence-electron chi connectivity index (χ1n) is 8.99. The van der Waals surface area contributed by atoms with E-state index in [0.29, 0.717) is 23.7 Å². The van der Waals surface area contributed by atoms with E-state index in [-0.39, 0.29) is 17.4 Å². The number of aromatic nitrogens is 4. The second kappa shape index (κ2) is 8.04. The number of methoxy groups -OCH3 is 1. The number of amides is 1. The number of hydrogen-bond donors (Lipinski definition) is 0. The van der Waals surface area contributed by atoms with Crippen molar-refractivity contribution in [2.24, 2.45) is 0 Å². The monoisotopic (exact) mass is 409 g/mol. The summed E-state index contributed by atoms with van der Waals surface area (Å²) in [4.78, 5) is 26.1. The maximum atomic E-state index is 12.6. The van der Waals surface area contributed by atoms with E-state index >= 15 is 0 Å². The van der Waals surface area contributed by atoms with Gasteiger partial charge < -0.3 is 9.64 Å². The summed E-state index contributed by atoms with van der Waals surface area (Å²) in [5.74, 6) is 1.01. The van der Waals surface area contributed by atoms with Gasteiger partial charge in [0.2, 0.25) is 11.1 Å². The molecule has 0 bridgehead atoms. The first kappa shape index (κ1) is 19.1. The van der Waals surface area contributed by atoms with Crippen LogP contribution in [0.4, 0.5) is 5.69 Å². The topological polar surface area (TPSA) is 90.2 Å². The third kappa shape index (κ3) is 4.00. The SMILES string of the molecule is COc1ccc(Cn2nnnc2SCC(=O)c2ccc3c(c2)CC(=O)N3C)cc1. The van der Waals surface area contributed by atoms with Crippen LogP contribution >= 0.6 is 11.8 Å². The number of ether oxygens (including phenoxy) is 1. The van der Waals surface area contributed by atoms with Crippen LogP contribution in [0.2, 0.25) is 0 Å². The van der Waals surface area contributed by atoms with Gasteiger partial charge in [-0.3, -0.25) is 9.59 Å². The number of rotatable bonds is 7. The first-order chi connectivity index (χ1) is 14.0. The quantitative estimate of drug-likeness (QED) is 0.437. The van der Waals surface area contributed by atoms with Crippen molar-refractivity contribution in [3.05, 3.63) is 59.2 Å². The minimum atomic E-state index is -0.0289. The number of thioether (sulfide) groups is 1. The van der Waals surface area contributed by atoms with E-state index in [1.54, 1.807) is 35.9 Å². The summed E-state index contributed by atoms with van der Waals surface area (Å²) in [5.41, 5.74) is 3.37. The number of tetrazole rings is 1. The number of nitrogens with zero attached hydrogens (tertiary/aromatic N) is 5. The molecule has 1 aliphatic heterocycles. The van der Waals surface area contributed by atoms with Gasteiger partial charge in [-0.1, -0.05) is 23.9 Å². The Hall–Kier alpha value is -3.20. The van der Waals surface area contributed by atoms with Crippen LogP contribution in [0.5, 0.6) is 5.75 Å². The van der Waals surface area contributed by atoms with Gasteiger partial charge in [-0.2, -0.15) is 0 Å². The molecule has 148 valence electrons. The second-order valence-corrected chi connectivity index (χ2v) is 7.59. The summed E-state index contributed by atoms with van der Waals surface area (Å²) in [6, 6.07) is 13.0. The number of ketones is 1. The largest absolute Gasteiger partial charge is 0.497 e. The number of likely N-dealkylation sites (N-methyl/N-ethyl adjacent to an activating group) is 1. The zero-order valence-electron chi connectivity index (χ0n) is 16.0. The van der Waals surface area contributed by atoms with Crippen LogP contribution in [0.3, 0.4) is 0 Å². The minimum Gasteiger partial charge on any atom is -0.497 e. The molecular weight excluding hydrogens is 390 g/mol. The van der Waals surface area contributed by atoms with Crippen molar-refractivity contribution in [1.82, 2.24) is 20.2 Å². The molecule has 0 spiro atoms. The lowest BCUT2D eigenvalue weighted by atomic mass is 10.1. The number of carbonyl (C=O) groups is 2. The van der Waals surface area contributed by atoms with Crippen LogP contribution in [0, 0.1) is 0 Å². The van der Waals surface area contributed by atoms with E-state index in [2.05, 4.69) is 15.5 Å². The van der Waals surface area contributed by atoms with Gasteiger partial charge in [-0.25, -0.2) is 4.68 Å². The predicted octanol–water partition coefficient (Wildman–Crippen LogP) is 2.22. The molecule has 0 unspecified atom stereocenters. The molecule has 1 aliphatic rings. The average molecular weight is 409 g/mol. The van der Waals surface area contributed by atoms with E-state index in [0.717, 1.165) is 22.6 Å². The Bertz CT molecular complexity index is 1060. The molecule has 3 aromatic rings. The number of Topliss-reactive ketones (excluding diaryl/α,β-unsaturated/α-hetero) is 1. The summed E-state index contributed by atoms with van der Waals surface area (Å²) >= 11 is 1.29. The Kier molecular flexibility index (Phi) is 5.30. The number of hydrogen-bond acceptors (Lipinski definition) is 7. The summed E-state index contributed by atoms with van der Waals surface area (Å²) in [6.45, 7) is 0.501. The summed E-state index contributed by atoms with van der Waals surface area (Å²) < 4.78 is 6.83. The molecule has 1 aromatic heterocycles. The minimum absolute atomic E-state index is 0.0289. The number of fused-ring (bicyclic) bond motifs is 1. The normalized spacial score (nSPS) is 12.9. The van der Waals surface area contributed by atoms with Crippen molar-refractivity contribution in [3.8, 4) is 5.75 Å². The van der Waals surface area contributed by atoms with Gasteiger partial charge in [0.1, 0.15) is 5.75 Å². The highest BCUT2D eigenvalue weighted by molar-refractivity contribution is 7.99. The van der Waals surface area contributed by atoms with Gasteiger partial charge in [0.25, 0.3) is 0 Å². The highest BCUT2D eigenvalue weighted by atomic mass is 32.2. The Morgan fingerprint density at radius 3 is 2.76 bits per heavy atom. The Balaban J connectivity index is 1.41. The molecule has 0 aliphatic carbocycles. The van der Waals surface area contributed by atoms with Gasteiger partial charge in [0, 0.05) is 18.3 Å². The van der Waals surface area contributed by atoms with Crippen molar-refractivity contribution in [1.29, 1.82) is 0 Å². The summed E-state index contributed by atoms with van der Waals surface area (Å²) in [7, 11) is 3.37. The Morgan fingerprint density at radius 1 is 1.21 bits per heavy atom. The first-order valence-corrected chi connectivity index (χ1v) is 9.98. The number of carbonyl (C=O) groups excluding carboxylic acids is 2. The zero-order chi connectivity index (χ0) is 20.4. The van der Waals surface area contributed by atoms with Gasteiger partial charge in [-0.05, 0) is 51.9 Å². The fourth-order valence-electron chi connectivity index (χ4n) is 3.16. The molecule has 0 saturated heterocycles. The van der Waals surface area contributed by atoms with E-state index in [4.69, 9.17) is 4.74 Å². The lowest BCUT2D eigenvalue weighted by Crippen LogP contribution is -2.20. The second-order valence-electron chi connectivity index (χ2n) is 6.65. The molecule has 29 heavy (non-hydrogen) atoms. The van der Waals surface area contributed by atoms with Crippen LogP contribution in [0.1, 0.15) is 21.5 Å². The van der Waals surface area contributed by atoms with Crippen LogP contribution < -0.4 is 9.64 Å². The maximum absolute atomic E-state index is 12.6. The Labute approximate surface area is 171 Å². The van der Waals surface area contributed by atoms with Crippen molar-refractivity contribution < 1.29 is 14.3 Å². The van der Waals surface area contributed by atoms with Crippen molar-refractivity contribution >= 4 is 29.1 Å². The molecule has 2 heterocycles. The smallest absolute Gasteiger partial charge is 0.231 e. The van der Waals surface area contributed by atoms with Crippen LogP contribution in [0.15, 0.2) is 47.6 Å². The molecule has 2 aromatic carbocycles. The van der Waals surface area contributed by atoms with E-state index in [9.17, 15) is 9.59 Å². The van der Waals surface area contributed by atoms with Gasteiger partial charge in [0.15, 0.2) is 5.78 Å². The van der Waals surface area contributed by atoms with E-state index < -0.39 is 0 Å². The molecule has 1 amide bonds. The molecule has 4 rings (SSSR count). The van der Waals surface area contributed by atoms with Crippen LogP contribution in [0.25, 0.3) is 0 Å². The lowest BCUT2D eigenvalue weighted by molar-refractivity contribution is -0.117. The number of benzene rings is 2.